The molecule has 0 amide bonds. The SMILES string of the molecule is CC(C)CNS(=O)(=O)N1CCCC(C)C1CN. The predicted molar refractivity (Wildman–Crippen MR) is 69.7 cm³/mol. The fourth-order valence-electron chi connectivity index (χ4n) is 2.21. The zero-order valence-corrected chi connectivity index (χ0v) is 11.8. The van der Waals surface area contributed by atoms with E-state index >= 15 is 0 Å². The monoisotopic (exact) mass is 263 g/mol. The molecule has 0 aromatic heterocycles. The highest BCUT2D eigenvalue weighted by molar-refractivity contribution is 7.87. The normalized spacial score (nSPS) is 27.6. The van der Waals surface area contributed by atoms with Crippen molar-refractivity contribution in [3.05, 3.63) is 0 Å². The second-order valence-corrected chi connectivity index (χ2v) is 6.99. The molecule has 2 atom stereocenters. The summed E-state index contributed by atoms with van der Waals surface area (Å²) in [6.45, 7) is 7.50. The molecule has 1 aliphatic heterocycles. The molecule has 0 bridgehead atoms. The van der Waals surface area contributed by atoms with Gasteiger partial charge >= 0.3 is 0 Å². The lowest BCUT2D eigenvalue weighted by molar-refractivity contribution is 0.190. The van der Waals surface area contributed by atoms with E-state index < -0.39 is 10.2 Å². The van der Waals surface area contributed by atoms with Crippen LogP contribution >= 0.6 is 0 Å². The van der Waals surface area contributed by atoms with Crippen LogP contribution < -0.4 is 10.5 Å². The number of piperidine rings is 1. The Balaban J connectivity index is 2.74. The molecule has 1 rings (SSSR count). The number of nitrogens with zero attached hydrogens (tertiary/aromatic N) is 1. The van der Waals surface area contributed by atoms with Gasteiger partial charge in [-0.2, -0.15) is 12.7 Å². The van der Waals surface area contributed by atoms with Crippen molar-refractivity contribution in [1.82, 2.24) is 9.03 Å². The molecule has 0 saturated carbocycles. The lowest BCUT2D eigenvalue weighted by Gasteiger charge is -2.38. The minimum atomic E-state index is -3.37. The molecule has 0 spiro atoms. The van der Waals surface area contributed by atoms with E-state index in [4.69, 9.17) is 5.73 Å². The third kappa shape index (κ3) is 3.91. The first-order valence-electron chi connectivity index (χ1n) is 6.35. The second kappa shape index (κ2) is 6.13. The van der Waals surface area contributed by atoms with Gasteiger partial charge in [-0.3, -0.25) is 0 Å². The maximum Gasteiger partial charge on any atom is 0.279 e. The summed E-state index contributed by atoms with van der Waals surface area (Å²) in [5.74, 6) is 0.646. The van der Waals surface area contributed by atoms with Crippen LogP contribution in [0.5, 0.6) is 0 Å². The average Bonchev–Trinajstić information content (AvgIpc) is 2.26. The first kappa shape index (κ1) is 14.9. The van der Waals surface area contributed by atoms with E-state index in [0.29, 0.717) is 31.5 Å². The van der Waals surface area contributed by atoms with Crippen molar-refractivity contribution in [2.24, 2.45) is 17.6 Å². The van der Waals surface area contributed by atoms with Crippen LogP contribution in [0.15, 0.2) is 0 Å². The van der Waals surface area contributed by atoms with Crippen LogP contribution in [0.3, 0.4) is 0 Å². The van der Waals surface area contributed by atoms with E-state index in [1.54, 1.807) is 4.31 Å². The summed E-state index contributed by atoms with van der Waals surface area (Å²) >= 11 is 0. The fraction of sp³-hybridized carbons (Fsp3) is 1.00. The van der Waals surface area contributed by atoms with Crippen molar-refractivity contribution in [3.63, 3.8) is 0 Å². The maximum atomic E-state index is 12.2. The van der Waals surface area contributed by atoms with Crippen LogP contribution in [0.1, 0.15) is 33.6 Å². The third-order valence-corrected chi connectivity index (χ3v) is 4.89. The number of hydrogen-bond acceptors (Lipinski definition) is 3. The molecule has 102 valence electrons. The standard InChI is InChI=1S/C11H25N3O2S/c1-9(2)8-13-17(15,16)14-6-4-5-10(3)11(14)7-12/h9-11,13H,4-8,12H2,1-3H3. The molecule has 2 unspecified atom stereocenters. The largest absolute Gasteiger partial charge is 0.329 e. The van der Waals surface area contributed by atoms with Gasteiger partial charge in [0.2, 0.25) is 0 Å². The molecule has 0 aromatic rings. The Bertz CT molecular complexity index is 330. The Morgan fingerprint density at radius 1 is 1.47 bits per heavy atom. The quantitative estimate of drug-likeness (QED) is 0.760. The van der Waals surface area contributed by atoms with Crippen molar-refractivity contribution in [2.45, 2.75) is 39.7 Å². The van der Waals surface area contributed by atoms with Gasteiger partial charge in [0.25, 0.3) is 10.2 Å². The Hall–Kier alpha value is -0.170. The van der Waals surface area contributed by atoms with E-state index in [0.717, 1.165) is 12.8 Å². The zero-order chi connectivity index (χ0) is 13.1. The summed E-state index contributed by atoms with van der Waals surface area (Å²) in [5, 5.41) is 0. The molecule has 1 aliphatic rings. The highest BCUT2D eigenvalue weighted by Gasteiger charge is 2.35. The Morgan fingerprint density at radius 2 is 2.12 bits per heavy atom. The smallest absolute Gasteiger partial charge is 0.279 e. The molecule has 1 saturated heterocycles. The van der Waals surface area contributed by atoms with Crippen LogP contribution in [0.4, 0.5) is 0 Å². The summed E-state index contributed by atoms with van der Waals surface area (Å²) < 4.78 is 28.5. The number of nitrogens with two attached hydrogens (primary N) is 1. The van der Waals surface area contributed by atoms with Crippen molar-refractivity contribution in [2.75, 3.05) is 19.6 Å². The number of nitrogens with one attached hydrogen (secondary N) is 1. The molecule has 5 nitrogen and oxygen atoms in total. The minimum Gasteiger partial charge on any atom is -0.329 e. The maximum absolute atomic E-state index is 12.2. The first-order valence-corrected chi connectivity index (χ1v) is 7.79. The summed E-state index contributed by atoms with van der Waals surface area (Å²) in [7, 11) is -3.37. The van der Waals surface area contributed by atoms with E-state index in [1.807, 2.05) is 13.8 Å². The molecule has 0 radical (unpaired) electrons. The van der Waals surface area contributed by atoms with Gasteiger partial charge in [-0.25, -0.2) is 4.72 Å². The van der Waals surface area contributed by atoms with E-state index in [-0.39, 0.29) is 6.04 Å². The van der Waals surface area contributed by atoms with Crippen molar-refractivity contribution in [1.29, 1.82) is 0 Å². The van der Waals surface area contributed by atoms with Crippen molar-refractivity contribution >= 4 is 10.2 Å². The summed E-state index contributed by atoms with van der Waals surface area (Å²) in [5.41, 5.74) is 5.70. The van der Waals surface area contributed by atoms with Crippen molar-refractivity contribution in [3.8, 4) is 0 Å². The first-order chi connectivity index (χ1) is 7.88. The molecule has 0 aromatic carbocycles. The molecule has 6 heteroatoms. The molecule has 3 N–H and O–H groups in total. The minimum absolute atomic E-state index is 0.0617. The van der Waals surface area contributed by atoms with Crippen molar-refractivity contribution < 1.29 is 8.42 Å². The molecule has 1 heterocycles. The molecule has 17 heavy (non-hydrogen) atoms. The van der Waals surface area contributed by atoms with Crippen LogP contribution in [0.2, 0.25) is 0 Å². The van der Waals surface area contributed by atoms with E-state index in [2.05, 4.69) is 11.6 Å². The topological polar surface area (TPSA) is 75.4 Å². The van der Waals surface area contributed by atoms with Gasteiger partial charge in [0.15, 0.2) is 0 Å². The van der Waals surface area contributed by atoms with Gasteiger partial charge in [-0.1, -0.05) is 20.8 Å². The highest BCUT2D eigenvalue weighted by atomic mass is 32.2. The fourth-order valence-corrected chi connectivity index (χ4v) is 3.94. The van der Waals surface area contributed by atoms with E-state index in [9.17, 15) is 8.42 Å². The second-order valence-electron chi connectivity index (χ2n) is 5.28. The predicted octanol–water partition coefficient (Wildman–Crippen LogP) is 0.536. The molecular weight excluding hydrogens is 238 g/mol. The summed E-state index contributed by atoms with van der Waals surface area (Å²) in [6.07, 6.45) is 1.97. The lowest BCUT2D eigenvalue weighted by Crippen LogP contribution is -2.55. The van der Waals surface area contributed by atoms with Crippen LogP contribution in [0.25, 0.3) is 0 Å². The van der Waals surface area contributed by atoms with Crippen LogP contribution in [-0.2, 0) is 10.2 Å². The van der Waals surface area contributed by atoms with Crippen LogP contribution in [0, 0.1) is 11.8 Å². The van der Waals surface area contributed by atoms with Gasteiger partial charge < -0.3 is 5.73 Å². The Kier molecular flexibility index (Phi) is 5.37. The highest BCUT2D eigenvalue weighted by Crippen LogP contribution is 2.24. The molecule has 0 aliphatic carbocycles. The average molecular weight is 263 g/mol. The van der Waals surface area contributed by atoms with Gasteiger partial charge in [-0.05, 0) is 24.7 Å². The molecule has 1 fully saturated rings. The number of hydrogen-bond donors (Lipinski definition) is 2. The van der Waals surface area contributed by atoms with Gasteiger partial charge in [0.05, 0.1) is 0 Å². The van der Waals surface area contributed by atoms with E-state index in [1.165, 1.54) is 0 Å². The summed E-state index contributed by atoms with van der Waals surface area (Å²) in [4.78, 5) is 0. The Labute approximate surface area is 105 Å². The van der Waals surface area contributed by atoms with Gasteiger partial charge in [0, 0.05) is 25.7 Å². The van der Waals surface area contributed by atoms with Crippen LogP contribution in [-0.4, -0.2) is 38.4 Å². The lowest BCUT2D eigenvalue weighted by atomic mass is 9.93. The van der Waals surface area contributed by atoms with Gasteiger partial charge in [0.1, 0.15) is 0 Å². The Morgan fingerprint density at radius 3 is 2.65 bits per heavy atom. The van der Waals surface area contributed by atoms with Gasteiger partial charge in [-0.15, -0.1) is 0 Å². The summed E-state index contributed by atoms with van der Waals surface area (Å²) in [6, 6.07) is -0.0617. The molecular formula is C11H25N3O2S. The zero-order valence-electron chi connectivity index (χ0n) is 11.0. The number of rotatable bonds is 5. The third-order valence-electron chi connectivity index (χ3n) is 3.29.